The Morgan fingerprint density at radius 1 is 1.38 bits per heavy atom. The summed E-state index contributed by atoms with van der Waals surface area (Å²) in [5, 5.41) is 16.9. The highest BCUT2D eigenvalue weighted by atomic mass is 16.5. The Morgan fingerprint density at radius 2 is 2.23 bits per heavy atom. The topological polar surface area (TPSA) is 98.3 Å². The van der Waals surface area contributed by atoms with Crippen LogP contribution in [-0.4, -0.2) is 41.2 Å². The number of nitrogens with zero attached hydrogens (tertiary/aromatic N) is 5. The maximum absolute atomic E-state index is 12.8. The molecule has 0 unspecified atom stereocenters. The number of hydrogen-bond acceptors (Lipinski definition) is 7. The van der Waals surface area contributed by atoms with Gasteiger partial charge in [-0.15, -0.1) is 0 Å². The van der Waals surface area contributed by atoms with Gasteiger partial charge in [0.2, 0.25) is 11.7 Å². The Morgan fingerprint density at radius 3 is 3.00 bits per heavy atom. The molecule has 0 bridgehead atoms. The van der Waals surface area contributed by atoms with E-state index in [1.165, 1.54) is 0 Å². The van der Waals surface area contributed by atoms with E-state index in [0.717, 1.165) is 29.9 Å². The third-order valence-corrected chi connectivity index (χ3v) is 5.02. The molecular formula is C18H16N6O2. The van der Waals surface area contributed by atoms with Gasteiger partial charge in [-0.05, 0) is 25.0 Å². The number of likely N-dealkylation sites (N-methyl/N-ethyl adjacent to an activating group) is 1. The van der Waals surface area contributed by atoms with Crippen LogP contribution < -0.4 is 10.2 Å². The van der Waals surface area contributed by atoms with Crippen LogP contribution in [0.15, 0.2) is 28.4 Å². The molecule has 1 amide bonds. The highest BCUT2D eigenvalue weighted by molar-refractivity contribution is 6.04. The van der Waals surface area contributed by atoms with Crippen molar-refractivity contribution in [1.29, 1.82) is 5.26 Å². The number of hydrogen-bond donors (Lipinski definition) is 1. The molecule has 1 aliphatic carbocycles. The van der Waals surface area contributed by atoms with E-state index in [9.17, 15) is 10.1 Å². The van der Waals surface area contributed by atoms with Crippen molar-refractivity contribution in [2.45, 2.75) is 18.8 Å². The van der Waals surface area contributed by atoms with Crippen molar-refractivity contribution in [1.82, 2.24) is 20.4 Å². The molecule has 3 heterocycles. The number of aromatic nitrogens is 2. The van der Waals surface area contributed by atoms with Crippen LogP contribution >= 0.6 is 0 Å². The van der Waals surface area contributed by atoms with E-state index < -0.39 is 0 Å². The third kappa shape index (κ3) is 2.10. The van der Waals surface area contributed by atoms with E-state index in [0.29, 0.717) is 42.0 Å². The largest absolute Gasteiger partial charge is 0.363 e. The zero-order chi connectivity index (χ0) is 17.8. The Balaban J connectivity index is 1.65. The second-order valence-corrected chi connectivity index (χ2v) is 6.79. The number of fused-ring (bicyclic) bond motifs is 3. The number of carbonyl (C=O) groups is 1. The molecule has 8 nitrogen and oxygen atoms in total. The number of nitrogens with one attached hydrogen (secondary N) is 1. The molecule has 8 heteroatoms. The summed E-state index contributed by atoms with van der Waals surface area (Å²) in [6.07, 6.45) is 2.18. The van der Waals surface area contributed by atoms with Gasteiger partial charge in [-0.1, -0.05) is 11.2 Å². The fourth-order valence-electron chi connectivity index (χ4n) is 3.50. The predicted molar refractivity (Wildman–Crippen MR) is 91.8 cm³/mol. The van der Waals surface area contributed by atoms with Crippen LogP contribution in [0.1, 0.15) is 46.4 Å². The summed E-state index contributed by atoms with van der Waals surface area (Å²) >= 11 is 0. The molecule has 0 atom stereocenters. The molecule has 0 radical (unpaired) electrons. The molecule has 2 aliphatic heterocycles. The molecule has 26 heavy (non-hydrogen) atoms. The van der Waals surface area contributed by atoms with Gasteiger partial charge in [0.25, 0.3) is 5.91 Å². The Bertz CT molecular complexity index is 997. The van der Waals surface area contributed by atoms with Crippen molar-refractivity contribution in [3.63, 3.8) is 0 Å². The van der Waals surface area contributed by atoms with Gasteiger partial charge in [0, 0.05) is 13.0 Å². The molecule has 0 saturated heterocycles. The number of amides is 1. The second kappa shape index (κ2) is 5.33. The van der Waals surface area contributed by atoms with Crippen LogP contribution in [-0.2, 0) is 0 Å². The van der Waals surface area contributed by atoms with E-state index in [1.54, 1.807) is 24.1 Å². The minimum absolute atomic E-state index is 0.162. The van der Waals surface area contributed by atoms with Gasteiger partial charge in [0.15, 0.2) is 0 Å². The predicted octanol–water partition coefficient (Wildman–Crippen LogP) is 1.64. The van der Waals surface area contributed by atoms with Crippen molar-refractivity contribution >= 4 is 17.3 Å². The lowest BCUT2D eigenvalue weighted by Crippen LogP contribution is -2.29. The molecule has 0 spiro atoms. The lowest BCUT2D eigenvalue weighted by molar-refractivity contribution is 0.0811. The minimum Gasteiger partial charge on any atom is -0.363 e. The Hall–Kier alpha value is -3.34. The first-order valence-electron chi connectivity index (χ1n) is 8.54. The molecule has 130 valence electrons. The summed E-state index contributed by atoms with van der Waals surface area (Å²) in [7, 11) is 1.73. The summed E-state index contributed by atoms with van der Waals surface area (Å²) in [6, 6.07) is 7.46. The van der Waals surface area contributed by atoms with E-state index in [2.05, 4.69) is 21.5 Å². The zero-order valence-electron chi connectivity index (χ0n) is 14.2. The van der Waals surface area contributed by atoms with E-state index in [4.69, 9.17) is 4.52 Å². The van der Waals surface area contributed by atoms with Crippen molar-refractivity contribution in [3.05, 3.63) is 46.7 Å². The average molecular weight is 348 g/mol. The maximum atomic E-state index is 12.8. The van der Waals surface area contributed by atoms with Crippen LogP contribution in [0.2, 0.25) is 0 Å². The highest BCUT2D eigenvalue weighted by Crippen LogP contribution is 2.40. The summed E-state index contributed by atoms with van der Waals surface area (Å²) in [4.78, 5) is 21.0. The fourth-order valence-corrected chi connectivity index (χ4v) is 3.50. The van der Waals surface area contributed by atoms with Gasteiger partial charge in [0.05, 0.1) is 35.7 Å². The molecular weight excluding hydrogens is 332 g/mol. The van der Waals surface area contributed by atoms with Crippen molar-refractivity contribution in [2.24, 2.45) is 0 Å². The van der Waals surface area contributed by atoms with Crippen molar-refractivity contribution in [3.8, 4) is 6.07 Å². The first-order valence-corrected chi connectivity index (χ1v) is 8.54. The molecule has 1 N–H and O–H groups in total. The normalized spacial score (nSPS) is 19.0. The molecule has 1 fully saturated rings. The van der Waals surface area contributed by atoms with E-state index in [-0.39, 0.29) is 5.91 Å². The van der Waals surface area contributed by atoms with Gasteiger partial charge in [-0.3, -0.25) is 4.79 Å². The summed E-state index contributed by atoms with van der Waals surface area (Å²) < 4.78 is 5.39. The zero-order valence-corrected chi connectivity index (χ0v) is 14.2. The maximum Gasteiger partial charge on any atom is 0.257 e. The van der Waals surface area contributed by atoms with Gasteiger partial charge in [-0.25, -0.2) is 0 Å². The standard InChI is InChI=1S/C18H16N6O2/c1-23-8-13-15(16-21-17(26-22-16)10-5-6-10)20-9-24(13)12-4-2-3-11(7-19)14(12)18(23)25/h2-4,10,20H,5-6,8-9H2,1H3. The molecule has 1 saturated carbocycles. The molecule has 3 aliphatic rings. The average Bonchev–Trinajstić information content (AvgIpc) is 3.27. The summed E-state index contributed by atoms with van der Waals surface area (Å²) in [6.45, 7) is 0.884. The van der Waals surface area contributed by atoms with Crippen molar-refractivity contribution < 1.29 is 9.32 Å². The Labute approximate surface area is 149 Å². The van der Waals surface area contributed by atoms with Gasteiger partial charge in [0.1, 0.15) is 11.8 Å². The van der Waals surface area contributed by atoms with Gasteiger partial charge >= 0.3 is 0 Å². The second-order valence-electron chi connectivity index (χ2n) is 6.79. The first kappa shape index (κ1) is 15.0. The van der Waals surface area contributed by atoms with Crippen LogP contribution in [0, 0.1) is 11.3 Å². The van der Waals surface area contributed by atoms with Gasteiger partial charge < -0.3 is 19.6 Å². The monoisotopic (exact) mass is 348 g/mol. The minimum atomic E-state index is -0.162. The number of benzene rings is 1. The fraction of sp³-hybridized carbons (Fsp3) is 0.333. The molecule has 1 aromatic carbocycles. The smallest absolute Gasteiger partial charge is 0.257 e. The Kier molecular flexibility index (Phi) is 3.06. The van der Waals surface area contributed by atoms with Crippen LogP contribution in [0.4, 0.5) is 5.69 Å². The number of anilines is 1. The molecule has 1 aromatic heterocycles. The molecule has 5 rings (SSSR count). The van der Waals surface area contributed by atoms with Crippen LogP contribution in [0.3, 0.4) is 0 Å². The SMILES string of the molecule is CN1CC2=C(c3noc(C4CC4)n3)NCN2c2cccc(C#N)c2C1=O. The van der Waals surface area contributed by atoms with Gasteiger partial charge in [-0.2, -0.15) is 10.2 Å². The number of carbonyl (C=O) groups excluding carboxylic acids is 1. The number of nitriles is 1. The van der Waals surface area contributed by atoms with Crippen molar-refractivity contribution in [2.75, 3.05) is 25.2 Å². The first-order chi connectivity index (χ1) is 12.7. The lowest BCUT2D eigenvalue weighted by atomic mass is 10.0. The highest BCUT2D eigenvalue weighted by Gasteiger charge is 2.37. The third-order valence-electron chi connectivity index (χ3n) is 5.02. The quantitative estimate of drug-likeness (QED) is 0.881. The van der Waals surface area contributed by atoms with Crippen LogP contribution in [0.25, 0.3) is 5.70 Å². The van der Waals surface area contributed by atoms with Crippen LogP contribution in [0.5, 0.6) is 0 Å². The molecule has 2 aromatic rings. The van der Waals surface area contributed by atoms with E-state index in [1.807, 2.05) is 11.0 Å². The number of rotatable bonds is 2. The van der Waals surface area contributed by atoms with E-state index >= 15 is 0 Å². The summed E-state index contributed by atoms with van der Waals surface area (Å²) in [5.41, 5.74) is 3.21. The lowest BCUT2D eigenvalue weighted by Gasteiger charge is -2.20. The summed E-state index contributed by atoms with van der Waals surface area (Å²) in [5.74, 6) is 1.42.